The van der Waals surface area contributed by atoms with Crippen LogP contribution < -0.4 is 15.4 Å². The van der Waals surface area contributed by atoms with E-state index in [2.05, 4.69) is 10.6 Å². The highest BCUT2D eigenvalue weighted by molar-refractivity contribution is 5.81. The molecular formula is C12H15FN2O2. The highest BCUT2D eigenvalue weighted by Crippen LogP contribution is 2.21. The summed E-state index contributed by atoms with van der Waals surface area (Å²) < 4.78 is 18.4. The van der Waals surface area contributed by atoms with Crippen LogP contribution in [0.3, 0.4) is 0 Å². The van der Waals surface area contributed by atoms with Crippen molar-refractivity contribution in [3.63, 3.8) is 0 Å². The fourth-order valence-corrected chi connectivity index (χ4v) is 1.45. The monoisotopic (exact) mass is 238 g/mol. The third kappa shape index (κ3) is 3.34. The van der Waals surface area contributed by atoms with Crippen molar-refractivity contribution in [1.29, 1.82) is 0 Å². The van der Waals surface area contributed by atoms with E-state index in [0.717, 1.165) is 12.8 Å². The molecule has 1 amide bonds. The van der Waals surface area contributed by atoms with Crippen molar-refractivity contribution in [3.05, 3.63) is 24.0 Å². The van der Waals surface area contributed by atoms with Gasteiger partial charge in [0.25, 0.3) is 0 Å². The third-order valence-corrected chi connectivity index (χ3v) is 2.56. The van der Waals surface area contributed by atoms with Crippen LogP contribution in [-0.4, -0.2) is 25.6 Å². The number of carbonyl (C=O) groups excluding carboxylic acids is 1. The summed E-state index contributed by atoms with van der Waals surface area (Å²) in [4.78, 5) is 11.4. The molecule has 1 saturated carbocycles. The number of anilines is 1. The van der Waals surface area contributed by atoms with Crippen molar-refractivity contribution >= 4 is 11.6 Å². The van der Waals surface area contributed by atoms with E-state index in [1.807, 2.05) is 0 Å². The van der Waals surface area contributed by atoms with E-state index in [1.54, 1.807) is 0 Å². The molecule has 0 unspecified atom stereocenters. The average Bonchev–Trinajstić information content (AvgIpc) is 3.12. The molecule has 0 aromatic heterocycles. The number of nitrogens with one attached hydrogen (secondary N) is 2. The van der Waals surface area contributed by atoms with Gasteiger partial charge in [0.1, 0.15) is 11.6 Å². The minimum atomic E-state index is -0.398. The van der Waals surface area contributed by atoms with Crippen molar-refractivity contribution in [1.82, 2.24) is 5.32 Å². The van der Waals surface area contributed by atoms with Crippen LogP contribution in [0, 0.1) is 5.82 Å². The summed E-state index contributed by atoms with van der Waals surface area (Å²) in [5.74, 6) is 0.0382. The van der Waals surface area contributed by atoms with Crippen LogP contribution in [0.5, 0.6) is 5.75 Å². The first-order valence-corrected chi connectivity index (χ1v) is 5.56. The third-order valence-electron chi connectivity index (χ3n) is 2.56. The predicted octanol–water partition coefficient (Wildman–Crippen LogP) is 1.52. The van der Waals surface area contributed by atoms with Gasteiger partial charge in [0.05, 0.1) is 19.3 Å². The van der Waals surface area contributed by atoms with Crippen LogP contribution in [0.1, 0.15) is 12.8 Å². The van der Waals surface area contributed by atoms with Crippen LogP contribution in [0.2, 0.25) is 0 Å². The lowest BCUT2D eigenvalue weighted by Crippen LogP contribution is -2.31. The number of rotatable bonds is 5. The standard InChI is InChI=1S/C12H15FN2O2/c1-17-9-4-5-10(13)11(6-9)14-7-12(16)15-8-2-3-8/h4-6,8,14H,2-3,7H2,1H3,(H,15,16). The summed E-state index contributed by atoms with van der Waals surface area (Å²) in [5, 5.41) is 5.57. The molecule has 0 heterocycles. The van der Waals surface area contributed by atoms with Gasteiger partial charge in [0.2, 0.25) is 5.91 Å². The Hall–Kier alpha value is -1.78. The van der Waals surface area contributed by atoms with Crippen molar-refractivity contribution in [2.24, 2.45) is 0 Å². The molecule has 1 aliphatic rings. The summed E-state index contributed by atoms with van der Waals surface area (Å²) in [5.41, 5.74) is 0.273. The van der Waals surface area contributed by atoms with Crippen LogP contribution in [0.25, 0.3) is 0 Å². The number of hydrogen-bond donors (Lipinski definition) is 2. The van der Waals surface area contributed by atoms with E-state index in [1.165, 1.54) is 25.3 Å². The van der Waals surface area contributed by atoms with Crippen molar-refractivity contribution in [3.8, 4) is 5.75 Å². The van der Waals surface area contributed by atoms with Crippen molar-refractivity contribution in [2.45, 2.75) is 18.9 Å². The van der Waals surface area contributed by atoms with Crippen LogP contribution >= 0.6 is 0 Å². The number of ether oxygens (including phenoxy) is 1. The lowest BCUT2D eigenvalue weighted by molar-refractivity contribution is -0.119. The molecule has 2 N–H and O–H groups in total. The second kappa shape index (κ2) is 5.03. The van der Waals surface area contributed by atoms with E-state index in [0.29, 0.717) is 11.8 Å². The lowest BCUT2D eigenvalue weighted by Gasteiger charge is -2.09. The molecular weight excluding hydrogens is 223 g/mol. The van der Waals surface area contributed by atoms with Crippen LogP contribution in [0.15, 0.2) is 18.2 Å². The van der Waals surface area contributed by atoms with Gasteiger partial charge in [-0.2, -0.15) is 0 Å². The van der Waals surface area contributed by atoms with E-state index < -0.39 is 5.82 Å². The maximum atomic E-state index is 13.4. The number of benzene rings is 1. The zero-order chi connectivity index (χ0) is 12.3. The molecule has 4 nitrogen and oxygen atoms in total. The van der Waals surface area contributed by atoms with E-state index in [9.17, 15) is 9.18 Å². The van der Waals surface area contributed by atoms with E-state index in [4.69, 9.17) is 4.74 Å². The minimum absolute atomic E-state index is 0.0700. The lowest BCUT2D eigenvalue weighted by atomic mass is 10.3. The molecule has 2 rings (SSSR count). The fraction of sp³-hybridized carbons (Fsp3) is 0.417. The molecule has 0 atom stereocenters. The molecule has 1 aromatic rings. The quantitative estimate of drug-likeness (QED) is 0.817. The van der Waals surface area contributed by atoms with Crippen LogP contribution in [-0.2, 0) is 4.79 Å². The highest BCUT2D eigenvalue weighted by Gasteiger charge is 2.22. The highest BCUT2D eigenvalue weighted by atomic mass is 19.1. The van der Waals surface area contributed by atoms with Gasteiger partial charge in [-0.25, -0.2) is 4.39 Å². The van der Waals surface area contributed by atoms with Gasteiger partial charge in [-0.3, -0.25) is 4.79 Å². The first-order chi connectivity index (χ1) is 8.19. The Morgan fingerprint density at radius 3 is 2.94 bits per heavy atom. The maximum Gasteiger partial charge on any atom is 0.239 e. The van der Waals surface area contributed by atoms with Crippen LogP contribution in [0.4, 0.5) is 10.1 Å². The van der Waals surface area contributed by atoms with Gasteiger partial charge in [0, 0.05) is 12.1 Å². The molecule has 17 heavy (non-hydrogen) atoms. The summed E-state index contributed by atoms with van der Waals surface area (Å²) in [7, 11) is 1.51. The smallest absolute Gasteiger partial charge is 0.239 e. The van der Waals surface area contributed by atoms with Gasteiger partial charge >= 0.3 is 0 Å². The second-order valence-electron chi connectivity index (χ2n) is 4.04. The predicted molar refractivity (Wildman–Crippen MR) is 62.6 cm³/mol. The molecule has 1 aromatic carbocycles. The Balaban J connectivity index is 1.90. The Kier molecular flexibility index (Phi) is 3.46. The first kappa shape index (κ1) is 11.7. The molecule has 92 valence electrons. The van der Waals surface area contributed by atoms with E-state index in [-0.39, 0.29) is 18.1 Å². The zero-order valence-corrected chi connectivity index (χ0v) is 9.63. The zero-order valence-electron chi connectivity index (χ0n) is 9.63. The summed E-state index contributed by atoms with van der Waals surface area (Å²) in [6.07, 6.45) is 2.08. The Morgan fingerprint density at radius 2 is 2.29 bits per heavy atom. The van der Waals surface area contributed by atoms with Gasteiger partial charge in [-0.1, -0.05) is 0 Å². The summed E-state index contributed by atoms with van der Waals surface area (Å²) in [6.45, 7) is 0.0700. The molecule has 1 fully saturated rings. The average molecular weight is 238 g/mol. The fourth-order valence-electron chi connectivity index (χ4n) is 1.45. The maximum absolute atomic E-state index is 13.4. The molecule has 0 spiro atoms. The number of amides is 1. The first-order valence-electron chi connectivity index (χ1n) is 5.56. The Labute approximate surface area is 99.2 Å². The van der Waals surface area contributed by atoms with Gasteiger partial charge in [0.15, 0.2) is 0 Å². The molecule has 0 radical (unpaired) electrons. The SMILES string of the molecule is COc1ccc(F)c(NCC(=O)NC2CC2)c1. The molecule has 0 bridgehead atoms. The normalized spacial score (nSPS) is 14.2. The van der Waals surface area contributed by atoms with Gasteiger partial charge in [-0.05, 0) is 25.0 Å². The topological polar surface area (TPSA) is 50.4 Å². The number of methoxy groups -OCH3 is 1. The molecule has 5 heteroatoms. The van der Waals surface area contributed by atoms with E-state index >= 15 is 0 Å². The summed E-state index contributed by atoms with van der Waals surface area (Å²) in [6, 6.07) is 4.68. The largest absolute Gasteiger partial charge is 0.497 e. The van der Waals surface area contributed by atoms with Gasteiger partial charge < -0.3 is 15.4 Å². The second-order valence-corrected chi connectivity index (χ2v) is 4.04. The minimum Gasteiger partial charge on any atom is -0.497 e. The van der Waals surface area contributed by atoms with Crippen molar-refractivity contribution < 1.29 is 13.9 Å². The summed E-state index contributed by atoms with van der Waals surface area (Å²) >= 11 is 0. The molecule has 1 aliphatic carbocycles. The van der Waals surface area contributed by atoms with Gasteiger partial charge in [-0.15, -0.1) is 0 Å². The molecule has 0 aliphatic heterocycles. The Morgan fingerprint density at radius 1 is 1.53 bits per heavy atom. The van der Waals surface area contributed by atoms with Crippen molar-refractivity contribution in [2.75, 3.05) is 19.0 Å². The number of halogens is 1. The molecule has 0 saturated heterocycles. The number of carbonyl (C=O) groups is 1. The number of hydrogen-bond acceptors (Lipinski definition) is 3. The Bertz CT molecular complexity index is 419.